The molecule has 126 valence electrons. The highest BCUT2D eigenvalue weighted by molar-refractivity contribution is 5.78. The van der Waals surface area contributed by atoms with Crippen molar-refractivity contribution in [3.63, 3.8) is 0 Å². The first-order valence-electron chi connectivity index (χ1n) is 7.91. The van der Waals surface area contributed by atoms with Gasteiger partial charge in [-0.2, -0.15) is 5.10 Å². The van der Waals surface area contributed by atoms with Gasteiger partial charge in [-0.15, -0.1) is 0 Å². The molecule has 1 aromatic heterocycles. The highest BCUT2D eigenvalue weighted by Crippen LogP contribution is 2.43. The third kappa shape index (κ3) is 3.20. The molecule has 0 bridgehead atoms. The van der Waals surface area contributed by atoms with Crippen molar-refractivity contribution in [2.45, 2.75) is 33.1 Å². The van der Waals surface area contributed by atoms with E-state index < -0.39 is 0 Å². The van der Waals surface area contributed by atoms with Gasteiger partial charge in [0.2, 0.25) is 0 Å². The van der Waals surface area contributed by atoms with Crippen molar-refractivity contribution < 1.29 is 9.47 Å². The second kappa shape index (κ2) is 7.04. The van der Waals surface area contributed by atoms with Crippen LogP contribution in [0.2, 0.25) is 0 Å². The van der Waals surface area contributed by atoms with Gasteiger partial charge in [0, 0.05) is 23.9 Å². The SMILES string of the molecule is COc1cc(C(C)CCN)cc(-c2c(C)nn(C)c2C)c1OC. The summed E-state index contributed by atoms with van der Waals surface area (Å²) in [4.78, 5) is 0. The zero-order valence-electron chi connectivity index (χ0n) is 14.9. The Bertz CT molecular complexity index is 692. The van der Waals surface area contributed by atoms with Crippen molar-refractivity contribution >= 4 is 0 Å². The second-order valence-corrected chi connectivity index (χ2v) is 5.95. The monoisotopic (exact) mass is 317 g/mol. The first-order valence-corrected chi connectivity index (χ1v) is 7.91. The maximum Gasteiger partial charge on any atom is 0.168 e. The van der Waals surface area contributed by atoms with Crippen LogP contribution in [0.4, 0.5) is 0 Å². The molecule has 0 saturated carbocycles. The summed E-state index contributed by atoms with van der Waals surface area (Å²) in [7, 11) is 5.30. The van der Waals surface area contributed by atoms with Crippen LogP contribution in [0.5, 0.6) is 11.5 Å². The molecule has 0 aliphatic heterocycles. The summed E-state index contributed by atoms with van der Waals surface area (Å²) in [5.74, 6) is 1.85. The summed E-state index contributed by atoms with van der Waals surface area (Å²) in [5.41, 5.74) is 11.1. The number of methoxy groups -OCH3 is 2. The van der Waals surface area contributed by atoms with Crippen molar-refractivity contribution in [3.8, 4) is 22.6 Å². The van der Waals surface area contributed by atoms with Gasteiger partial charge < -0.3 is 15.2 Å². The summed E-state index contributed by atoms with van der Waals surface area (Å²) in [5, 5.41) is 4.53. The first-order chi connectivity index (χ1) is 10.9. The topological polar surface area (TPSA) is 62.3 Å². The minimum Gasteiger partial charge on any atom is -0.493 e. The predicted molar refractivity (Wildman–Crippen MR) is 93.3 cm³/mol. The molecule has 23 heavy (non-hydrogen) atoms. The first kappa shape index (κ1) is 17.3. The zero-order chi connectivity index (χ0) is 17.1. The van der Waals surface area contributed by atoms with Crippen LogP contribution < -0.4 is 15.2 Å². The van der Waals surface area contributed by atoms with Crippen LogP contribution in [0, 0.1) is 13.8 Å². The van der Waals surface area contributed by atoms with E-state index in [2.05, 4.69) is 25.0 Å². The Hall–Kier alpha value is -2.01. The van der Waals surface area contributed by atoms with Crippen LogP contribution in [-0.4, -0.2) is 30.5 Å². The smallest absolute Gasteiger partial charge is 0.168 e. The number of nitrogens with zero attached hydrogens (tertiary/aromatic N) is 2. The Labute approximate surface area is 138 Å². The lowest BCUT2D eigenvalue weighted by molar-refractivity contribution is 0.355. The van der Waals surface area contributed by atoms with Gasteiger partial charge in [-0.1, -0.05) is 6.92 Å². The Morgan fingerprint density at radius 1 is 1.22 bits per heavy atom. The lowest BCUT2D eigenvalue weighted by Crippen LogP contribution is -2.06. The summed E-state index contributed by atoms with van der Waals surface area (Å²) in [6.45, 7) is 6.93. The molecule has 0 aliphatic carbocycles. The Morgan fingerprint density at radius 2 is 1.91 bits per heavy atom. The van der Waals surface area contributed by atoms with Gasteiger partial charge >= 0.3 is 0 Å². The zero-order valence-corrected chi connectivity index (χ0v) is 14.9. The summed E-state index contributed by atoms with van der Waals surface area (Å²) >= 11 is 0. The molecule has 0 spiro atoms. The van der Waals surface area contributed by atoms with Crippen LogP contribution in [-0.2, 0) is 7.05 Å². The normalized spacial score (nSPS) is 12.3. The van der Waals surface area contributed by atoms with Gasteiger partial charge in [0.1, 0.15) is 0 Å². The van der Waals surface area contributed by atoms with Crippen molar-refractivity contribution in [1.82, 2.24) is 9.78 Å². The fourth-order valence-electron chi connectivity index (χ4n) is 3.04. The number of nitrogens with two attached hydrogens (primary N) is 1. The van der Waals surface area contributed by atoms with E-state index in [0.29, 0.717) is 12.5 Å². The van der Waals surface area contributed by atoms with E-state index in [-0.39, 0.29) is 0 Å². The molecule has 5 nitrogen and oxygen atoms in total. The van der Waals surface area contributed by atoms with Crippen molar-refractivity contribution in [3.05, 3.63) is 29.1 Å². The van der Waals surface area contributed by atoms with Gasteiger partial charge in [0.25, 0.3) is 0 Å². The Morgan fingerprint density at radius 3 is 2.39 bits per heavy atom. The maximum atomic E-state index is 5.72. The fourth-order valence-corrected chi connectivity index (χ4v) is 3.04. The van der Waals surface area contributed by atoms with Gasteiger partial charge in [-0.25, -0.2) is 0 Å². The molecular formula is C18H27N3O2. The molecule has 5 heteroatoms. The fraction of sp³-hybridized carbons (Fsp3) is 0.500. The largest absolute Gasteiger partial charge is 0.493 e. The average molecular weight is 317 g/mol. The van der Waals surface area contributed by atoms with Gasteiger partial charge in [-0.3, -0.25) is 4.68 Å². The molecule has 0 saturated heterocycles. The van der Waals surface area contributed by atoms with Gasteiger partial charge in [0.15, 0.2) is 11.5 Å². The number of hydrogen-bond donors (Lipinski definition) is 1. The third-order valence-electron chi connectivity index (χ3n) is 4.45. The van der Waals surface area contributed by atoms with Gasteiger partial charge in [-0.05, 0) is 50.4 Å². The molecule has 1 aromatic carbocycles. The van der Waals surface area contributed by atoms with Crippen molar-refractivity contribution in [2.24, 2.45) is 12.8 Å². The lowest BCUT2D eigenvalue weighted by atomic mass is 9.92. The maximum absolute atomic E-state index is 5.72. The molecule has 0 aliphatic rings. The molecule has 2 aromatic rings. The quantitative estimate of drug-likeness (QED) is 0.889. The van der Waals surface area contributed by atoms with Gasteiger partial charge in [0.05, 0.1) is 19.9 Å². The van der Waals surface area contributed by atoms with E-state index in [1.807, 2.05) is 24.7 Å². The minimum absolute atomic E-state index is 0.357. The number of aromatic nitrogens is 2. The van der Waals surface area contributed by atoms with E-state index in [4.69, 9.17) is 15.2 Å². The summed E-state index contributed by atoms with van der Waals surface area (Å²) in [6.07, 6.45) is 0.930. The molecule has 2 N–H and O–H groups in total. The number of ether oxygens (including phenoxy) is 2. The Balaban J connectivity index is 2.71. The summed E-state index contributed by atoms with van der Waals surface area (Å²) in [6, 6.07) is 4.22. The third-order valence-corrected chi connectivity index (χ3v) is 4.45. The van der Waals surface area contributed by atoms with Crippen LogP contribution in [0.25, 0.3) is 11.1 Å². The van der Waals surface area contributed by atoms with E-state index in [0.717, 1.165) is 40.4 Å². The molecular weight excluding hydrogens is 290 g/mol. The lowest BCUT2D eigenvalue weighted by Gasteiger charge is -2.18. The summed E-state index contributed by atoms with van der Waals surface area (Å²) < 4.78 is 13.1. The van der Waals surface area contributed by atoms with Crippen LogP contribution in [0.3, 0.4) is 0 Å². The van der Waals surface area contributed by atoms with Crippen molar-refractivity contribution in [1.29, 1.82) is 0 Å². The highest BCUT2D eigenvalue weighted by atomic mass is 16.5. The van der Waals surface area contributed by atoms with Crippen LogP contribution in [0.15, 0.2) is 12.1 Å². The van der Waals surface area contributed by atoms with E-state index in [1.54, 1.807) is 14.2 Å². The minimum atomic E-state index is 0.357. The molecule has 1 atom stereocenters. The van der Waals surface area contributed by atoms with Crippen molar-refractivity contribution in [2.75, 3.05) is 20.8 Å². The van der Waals surface area contributed by atoms with E-state index in [9.17, 15) is 0 Å². The molecule has 0 radical (unpaired) electrons. The highest BCUT2D eigenvalue weighted by Gasteiger charge is 2.21. The number of hydrogen-bond acceptors (Lipinski definition) is 4. The van der Waals surface area contributed by atoms with Crippen LogP contribution in [0.1, 0.15) is 36.2 Å². The molecule has 0 amide bonds. The molecule has 0 fully saturated rings. The average Bonchev–Trinajstić information content (AvgIpc) is 2.78. The standard InChI is InChI=1S/C18H27N3O2/c1-11(7-8-19)14-9-15(18(23-6)16(10-14)22-5)17-12(2)20-21(4)13(17)3/h9-11H,7-8,19H2,1-6H3. The number of rotatable bonds is 6. The van der Waals surface area contributed by atoms with E-state index in [1.165, 1.54) is 5.56 Å². The Kier molecular flexibility index (Phi) is 5.31. The van der Waals surface area contributed by atoms with Crippen LogP contribution >= 0.6 is 0 Å². The molecule has 1 heterocycles. The van der Waals surface area contributed by atoms with E-state index >= 15 is 0 Å². The number of benzene rings is 1. The number of aryl methyl sites for hydroxylation is 2. The second-order valence-electron chi connectivity index (χ2n) is 5.95. The predicted octanol–water partition coefficient (Wildman–Crippen LogP) is 3.17. The molecule has 1 unspecified atom stereocenters. The molecule has 2 rings (SSSR count).